The fourth-order valence-electron chi connectivity index (χ4n) is 1.01. The maximum Gasteiger partial charge on any atom is 0.108 e. The third-order valence-electron chi connectivity index (χ3n) is 1.67. The molecule has 4 heteroatoms. The lowest BCUT2D eigenvalue weighted by Gasteiger charge is -2.13. The van der Waals surface area contributed by atoms with Crippen LogP contribution in [-0.2, 0) is 0 Å². The highest BCUT2D eigenvalue weighted by Crippen LogP contribution is 2.18. The van der Waals surface area contributed by atoms with Gasteiger partial charge < -0.3 is 0 Å². The first-order valence-corrected chi connectivity index (χ1v) is 10.3. The number of aromatic nitrogens is 1. The maximum atomic E-state index is 4.36. The Hall–Kier alpha value is -0.613. The van der Waals surface area contributed by atoms with Gasteiger partial charge in [-0.05, 0) is 12.1 Å². The van der Waals surface area contributed by atoms with Crippen LogP contribution in [-0.4, -0.2) is 30.7 Å². The fraction of sp³-hybridized carbons (Fsp3) is 0.455. The molecule has 0 aliphatic rings. The second kappa shape index (κ2) is 6.08. The third kappa shape index (κ3) is 6.46. The van der Waals surface area contributed by atoms with Gasteiger partial charge in [0.1, 0.15) is 7.22 Å². The molecule has 1 aromatic rings. The van der Waals surface area contributed by atoms with Gasteiger partial charge in [0.05, 0.1) is 5.69 Å². The molecule has 0 saturated carbocycles. The molecule has 0 N–H and O–H groups in total. The van der Waals surface area contributed by atoms with Crippen LogP contribution in [0.25, 0.3) is 0 Å². The molecule has 0 radical (unpaired) electrons. The van der Waals surface area contributed by atoms with E-state index < -0.39 is 7.22 Å². The van der Waals surface area contributed by atoms with Crippen LogP contribution in [0.1, 0.15) is 5.69 Å². The Kier molecular flexibility index (Phi) is 5.05. The topological polar surface area (TPSA) is 25.2 Å². The molecule has 0 aromatic carbocycles. The van der Waals surface area contributed by atoms with Crippen LogP contribution in [0.5, 0.6) is 0 Å². The number of aliphatic imine (C=N–C) groups is 1. The van der Waals surface area contributed by atoms with Crippen molar-refractivity contribution in [1.82, 2.24) is 4.98 Å². The van der Waals surface area contributed by atoms with E-state index in [1.807, 2.05) is 24.4 Å². The lowest BCUT2D eigenvalue weighted by Crippen LogP contribution is -2.15. The molecule has 0 unspecified atom stereocenters. The number of nitrogens with zero attached hydrogens (tertiary/aromatic N) is 2. The van der Waals surface area contributed by atoms with Crippen LogP contribution < -0.4 is 0 Å². The predicted octanol–water partition coefficient (Wildman–Crippen LogP) is 3.07. The molecule has 0 spiro atoms. The van der Waals surface area contributed by atoms with E-state index in [9.17, 15) is 0 Å². The minimum Gasteiger partial charge on any atom is -0.290 e. The van der Waals surface area contributed by atoms with Gasteiger partial charge in [-0.15, -0.1) is 0 Å². The molecular formula is C11H18N2SSi. The summed E-state index contributed by atoms with van der Waals surface area (Å²) in [6.45, 7) is 7.98. The molecular weight excluding hydrogens is 220 g/mol. The Morgan fingerprint density at radius 2 is 2.20 bits per heavy atom. The van der Waals surface area contributed by atoms with Crippen LogP contribution in [0, 0.1) is 0 Å². The van der Waals surface area contributed by atoms with E-state index in [1.165, 1.54) is 0 Å². The summed E-state index contributed by atoms with van der Waals surface area (Å²) in [6.07, 6.45) is 3.64. The van der Waals surface area contributed by atoms with Crippen LogP contribution in [0.2, 0.25) is 19.6 Å². The van der Waals surface area contributed by atoms with E-state index in [0.717, 1.165) is 18.0 Å². The van der Waals surface area contributed by atoms with Crippen molar-refractivity contribution in [3.8, 4) is 0 Å². The molecule has 2 nitrogen and oxygen atoms in total. The van der Waals surface area contributed by atoms with E-state index in [-0.39, 0.29) is 0 Å². The van der Waals surface area contributed by atoms with Crippen molar-refractivity contribution in [2.45, 2.75) is 19.6 Å². The third-order valence-corrected chi connectivity index (χ3v) is 6.13. The molecule has 0 saturated heterocycles. The Balaban J connectivity index is 2.24. The first-order chi connectivity index (χ1) is 7.08. The summed E-state index contributed by atoms with van der Waals surface area (Å²) >= 11 is 2.07. The summed E-state index contributed by atoms with van der Waals surface area (Å²) in [5, 5.41) is 0. The standard InChI is InChI=1S/C11H18N2SSi/c1-15(2,3)14-9-8-12-10-11-6-4-5-7-13-11/h4-7,10H,8-9H2,1-3H3/b12-10+. The summed E-state index contributed by atoms with van der Waals surface area (Å²) in [6, 6.07) is 5.86. The van der Waals surface area contributed by atoms with E-state index in [4.69, 9.17) is 0 Å². The molecule has 0 bridgehead atoms. The van der Waals surface area contributed by atoms with E-state index in [0.29, 0.717) is 0 Å². The molecule has 0 amide bonds. The molecule has 0 fully saturated rings. The normalized spacial score (nSPS) is 12.2. The Morgan fingerprint density at radius 1 is 1.40 bits per heavy atom. The summed E-state index contributed by atoms with van der Waals surface area (Å²) in [4.78, 5) is 8.54. The minimum atomic E-state index is -0.959. The van der Waals surface area contributed by atoms with Crippen LogP contribution >= 0.6 is 11.2 Å². The molecule has 1 aromatic heterocycles. The van der Waals surface area contributed by atoms with Crippen LogP contribution in [0.3, 0.4) is 0 Å². The average Bonchev–Trinajstić information content (AvgIpc) is 2.17. The lowest BCUT2D eigenvalue weighted by atomic mass is 10.4. The zero-order chi connectivity index (χ0) is 11.1. The van der Waals surface area contributed by atoms with Gasteiger partial charge >= 0.3 is 0 Å². The number of pyridine rings is 1. The number of hydrogen-bond acceptors (Lipinski definition) is 3. The summed E-state index contributed by atoms with van der Waals surface area (Å²) < 4.78 is 0. The zero-order valence-electron chi connectivity index (χ0n) is 9.60. The van der Waals surface area contributed by atoms with Crippen molar-refractivity contribution in [3.05, 3.63) is 30.1 Å². The second-order valence-corrected chi connectivity index (χ2v) is 13.7. The summed E-state index contributed by atoms with van der Waals surface area (Å²) in [7, 11) is -0.959. The van der Waals surface area contributed by atoms with Gasteiger partial charge in [-0.3, -0.25) is 9.98 Å². The van der Waals surface area contributed by atoms with Gasteiger partial charge in [0, 0.05) is 24.7 Å². The number of rotatable bonds is 5. The van der Waals surface area contributed by atoms with Gasteiger partial charge in [0.2, 0.25) is 0 Å². The van der Waals surface area contributed by atoms with Crippen molar-refractivity contribution in [2.75, 3.05) is 12.3 Å². The molecule has 1 heterocycles. The van der Waals surface area contributed by atoms with E-state index in [1.54, 1.807) is 6.20 Å². The molecule has 0 atom stereocenters. The van der Waals surface area contributed by atoms with Gasteiger partial charge in [-0.1, -0.05) is 25.7 Å². The van der Waals surface area contributed by atoms with E-state index in [2.05, 4.69) is 40.8 Å². The SMILES string of the molecule is C[Si](C)(C)SCC/N=C/c1ccccn1. The van der Waals surface area contributed by atoms with Crippen molar-refractivity contribution >= 4 is 24.6 Å². The van der Waals surface area contributed by atoms with Crippen molar-refractivity contribution in [3.63, 3.8) is 0 Å². The predicted molar refractivity (Wildman–Crippen MR) is 72.5 cm³/mol. The van der Waals surface area contributed by atoms with Crippen LogP contribution in [0.15, 0.2) is 29.4 Å². The average molecular weight is 238 g/mol. The maximum absolute atomic E-state index is 4.36. The van der Waals surface area contributed by atoms with Gasteiger partial charge in [0.25, 0.3) is 0 Å². The van der Waals surface area contributed by atoms with Gasteiger partial charge in [-0.2, -0.15) is 11.2 Å². The van der Waals surface area contributed by atoms with Gasteiger partial charge in [-0.25, -0.2) is 0 Å². The van der Waals surface area contributed by atoms with Crippen LogP contribution in [0.4, 0.5) is 0 Å². The molecule has 1 rings (SSSR count). The fourth-order valence-corrected chi connectivity index (χ4v) is 3.93. The highest BCUT2D eigenvalue weighted by Gasteiger charge is 2.11. The monoisotopic (exact) mass is 238 g/mol. The Morgan fingerprint density at radius 3 is 2.80 bits per heavy atom. The van der Waals surface area contributed by atoms with E-state index >= 15 is 0 Å². The Bertz CT molecular complexity index is 306. The highest BCUT2D eigenvalue weighted by atomic mass is 32.4. The van der Waals surface area contributed by atoms with Crippen molar-refractivity contribution in [1.29, 1.82) is 0 Å². The van der Waals surface area contributed by atoms with Gasteiger partial charge in [0.15, 0.2) is 0 Å². The Labute approximate surface area is 96.9 Å². The zero-order valence-corrected chi connectivity index (χ0v) is 11.4. The summed E-state index contributed by atoms with van der Waals surface area (Å²) in [5.74, 6) is 1.12. The highest BCUT2D eigenvalue weighted by molar-refractivity contribution is 8.28. The molecule has 15 heavy (non-hydrogen) atoms. The quantitative estimate of drug-likeness (QED) is 0.447. The second-order valence-electron chi connectivity index (χ2n) is 4.25. The van der Waals surface area contributed by atoms with Crippen molar-refractivity contribution in [2.24, 2.45) is 4.99 Å². The number of hydrogen-bond donors (Lipinski definition) is 0. The largest absolute Gasteiger partial charge is 0.290 e. The minimum absolute atomic E-state index is 0.894. The van der Waals surface area contributed by atoms with Crippen molar-refractivity contribution < 1.29 is 0 Å². The summed E-state index contributed by atoms with van der Waals surface area (Å²) in [5.41, 5.74) is 0.940. The molecule has 0 aliphatic heterocycles. The smallest absolute Gasteiger partial charge is 0.108 e. The first kappa shape index (κ1) is 12.5. The molecule has 82 valence electrons. The first-order valence-electron chi connectivity index (χ1n) is 5.13. The lowest BCUT2D eigenvalue weighted by molar-refractivity contribution is 1.15. The molecule has 0 aliphatic carbocycles.